The molecule has 0 aromatic carbocycles. The fraction of sp³-hybridized carbons (Fsp3) is 0.950. The maximum Gasteiger partial charge on any atom is 0.307 e. The summed E-state index contributed by atoms with van der Waals surface area (Å²) >= 11 is 0. The van der Waals surface area contributed by atoms with Crippen LogP contribution in [0, 0.1) is 0 Å². The minimum Gasteiger partial charge on any atom is -0.466 e. The van der Waals surface area contributed by atoms with Crippen LogP contribution in [0.15, 0.2) is 0 Å². The molecule has 0 unspecified atom stereocenters. The van der Waals surface area contributed by atoms with Gasteiger partial charge in [0.25, 0.3) is 0 Å². The summed E-state index contributed by atoms with van der Waals surface area (Å²) < 4.78 is 22.9. The zero-order valence-corrected chi connectivity index (χ0v) is 62.6. The molecule has 0 fully saturated rings. The maximum atomic E-state index is 13.0. The standard InChI is InChI=1S/C80H158N4O8/c1-7-13-17-21-25-29-33-37-41-45-49-53-73-89-77(85)59-67-83(68-60-78(86)90-74-54-50-46-42-38-34-30-26-22-18-14-8-2)65-57-63-81(11-5)71-72-82(12-6)64-58-66-84(69-61-79(87)91-75-55-51-47-43-39-35-31-27-23-19-15-9-3)70-62-80(88)92-76-56-52-48-44-40-36-32-28-24-20-16-10-4/h7-76H2,1-6H3. The van der Waals surface area contributed by atoms with Crippen LogP contribution in [-0.4, -0.2) is 148 Å². The van der Waals surface area contributed by atoms with Crippen molar-refractivity contribution >= 4 is 23.9 Å². The van der Waals surface area contributed by atoms with E-state index in [1.165, 1.54) is 257 Å². The van der Waals surface area contributed by atoms with Crippen molar-refractivity contribution in [2.24, 2.45) is 0 Å². The average Bonchev–Trinajstić information content (AvgIpc) is 3.68. The van der Waals surface area contributed by atoms with Gasteiger partial charge in [0.15, 0.2) is 0 Å². The number of hydrogen-bond acceptors (Lipinski definition) is 12. The number of ether oxygens (including phenoxy) is 4. The van der Waals surface area contributed by atoms with Gasteiger partial charge >= 0.3 is 23.9 Å². The third-order valence-corrected chi connectivity index (χ3v) is 19.1. The van der Waals surface area contributed by atoms with Crippen molar-refractivity contribution in [2.75, 3.05) is 105 Å². The highest BCUT2D eigenvalue weighted by atomic mass is 16.5. The first-order chi connectivity index (χ1) is 45.2. The SMILES string of the molecule is CCCCCCCCCCCCCCOC(=O)CCN(CCCN(CC)CCN(CC)CCCN(CCC(=O)OCCCCCCCCCCCCCC)CCC(=O)OCCCCCCCCCCCCCC)CCC(=O)OCCCCCCCCCCCCCC. The molecule has 0 N–H and O–H groups in total. The molecule has 0 aromatic heterocycles. The zero-order chi connectivity index (χ0) is 66.9. The summed E-state index contributed by atoms with van der Waals surface area (Å²) in [5, 5.41) is 0. The van der Waals surface area contributed by atoms with E-state index >= 15 is 0 Å². The van der Waals surface area contributed by atoms with Crippen LogP contribution >= 0.6 is 0 Å². The quantitative estimate of drug-likeness (QED) is 0.0328. The van der Waals surface area contributed by atoms with E-state index in [0.717, 1.165) is 117 Å². The Morgan fingerprint density at radius 1 is 0.185 bits per heavy atom. The molecule has 12 nitrogen and oxygen atoms in total. The lowest BCUT2D eigenvalue weighted by atomic mass is 10.1. The Hall–Kier alpha value is -2.28. The molecule has 12 heteroatoms. The van der Waals surface area contributed by atoms with E-state index in [0.29, 0.717) is 78.3 Å². The third kappa shape index (κ3) is 67.7. The second-order valence-corrected chi connectivity index (χ2v) is 27.7. The lowest BCUT2D eigenvalue weighted by molar-refractivity contribution is -0.146. The number of nitrogens with zero attached hydrogens (tertiary/aromatic N) is 4. The number of likely N-dealkylation sites (N-methyl/N-ethyl adjacent to an activating group) is 2. The van der Waals surface area contributed by atoms with Crippen molar-refractivity contribution in [1.82, 2.24) is 19.6 Å². The number of unbranched alkanes of at least 4 members (excludes halogenated alkanes) is 44. The first-order valence-corrected chi connectivity index (χ1v) is 40.7. The maximum absolute atomic E-state index is 13.0. The average molecular weight is 1300 g/mol. The molecule has 0 aliphatic rings. The van der Waals surface area contributed by atoms with E-state index < -0.39 is 0 Å². The van der Waals surface area contributed by atoms with E-state index in [2.05, 4.69) is 61.1 Å². The highest BCUT2D eigenvalue weighted by molar-refractivity contribution is 5.71. The Balaban J connectivity index is 5.19. The van der Waals surface area contributed by atoms with Gasteiger partial charge in [-0.2, -0.15) is 0 Å². The van der Waals surface area contributed by atoms with Crippen LogP contribution in [0.2, 0.25) is 0 Å². The largest absolute Gasteiger partial charge is 0.466 e. The topological polar surface area (TPSA) is 118 Å². The van der Waals surface area contributed by atoms with Gasteiger partial charge in [-0.3, -0.25) is 19.2 Å². The molecule has 0 rings (SSSR count). The van der Waals surface area contributed by atoms with Gasteiger partial charge in [-0.05, 0) is 77.8 Å². The lowest BCUT2D eigenvalue weighted by Gasteiger charge is -2.28. The van der Waals surface area contributed by atoms with E-state index in [4.69, 9.17) is 18.9 Å². The van der Waals surface area contributed by atoms with Crippen LogP contribution < -0.4 is 0 Å². The predicted octanol–water partition coefficient (Wildman–Crippen LogP) is 21.6. The van der Waals surface area contributed by atoms with E-state index in [-0.39, 0.29) is 23.9 Å². The highest BCUT2D eigenvalue weighted by Crippen LogP contribution is 2.17. The van der Waals surface area contributed by atoms with Crippen molar-refractivity contribution in [3.8, 4) is 0 Å². The van der Waals surface area contributed by atoms with Crippen molar-refractivity contribution < 1.29 is 38.1 Å². The first kappa shape index (κ1) is 89.7. The van der Waals surface area contributed by atoms with Gasteiger partial charge < -0.3 is 38.5 Å². The van der Waals surface area contributed by atoms with Gasteiger partial charge in [0, 0.05) is 39.3 Å². The molecule has 0 bridgehead atoms. The number of carbonyl (C=O) groups is 4. The molecule has 0 aromatic rings. The van der Waals surface area contributed by atoms with Gasteiger partial charge in [0.05, 0.1) is 52.1 Å². The predicted molar refractivity (Wildman–Crippen MR) is 393 cm³/mol. The number of esters is 4. The highest BCUT2D eigenvalue weighted by Gasteiger charge is 2.17. The minimum atomic E-state index is -0.143. The van der Waals surface area contributed by atoms with Crippen LogP contribution in [0.25, 0.3) is 0 Å². The smallest absolute Gasteiger partial charge is 0.307 e. The number of hydrogen-bond donors (Lipinski definition) is 0. The Bertz CT molecular complexity index is 1340. The first-order valence-electron chi connectivity index (χ1n) is 40.7. The third-order valence-electron chi connectivity index (χ3n) is 19.1. The molecule has 0 saturated carbocycles. The van der Waals surface area contributed by atoms with Crippen LogP contribution in [0.1, 0.15) is 388 Å². The van der Waals surface area contributed by atoms with Gasteiger partial charge in [0.1, 0.15) is 0 Å². The lowest BCUT2D eigenvalue weighted by Crippen LogP contribution is -2.38. The van der Waals surface area contributed by atoms with Crippen LogP contribution in [0.3, 0.4) is 0 Å². The molecule has 0 amide bonds. The number of carbonyl (C=O) groups excluding carboxylic acids is 4. The van der Waals surface area contributed by atoms with Crippen LogP contribution in [0.4, 0.5) is 0 Å². The van der Waals surface area contributed by atoms with Crippen molar-refractivity contribution in [3.63, 3.8) is 0 Å². The van der Waals surface area contributed by atoms with Crippen LogP contribution in [0.5, 0.6) is 0 Å². The van der Waals surface area contributed by atoms with Gasteiger partial charge in [0.2, 0.25) is 0 Å². The van der Waals surface area contributed by atoms with E-state index in [9.17, 15) is 19.2 Å². The second-order valence-electron chi connectivity index (χ2n) is 27.7. The summed E-state index contributed by atoms with van der Waals surface area (Å²) in [4.78, 5) is 61.6. The molecule has 0 radical (unpaired) electrons. The molecule has 0 heterocycles. The summed E-state index contributed by atoms with van der Waals surface area (Å²) in [6.45, 7) is 25.2. The second kappa shape index (κ2) is 74.5. The Morgan fingerprint density at radius 3 is 0.522 bits per heavy atom. The van der Waals surface area contributed by atoms with Gasteiger partial charge in [-0.25, -0.2) is 0 Å². The Labute approximate surface area is 572 Å². The van der Waals surface area contributed by atoms with Crippen molar-refractivity contribution in [2.45, 2.75) is 388 Å². The van der Waals surface area contributed by atoms with E-state index in [1.807, 2.05) is 0 Å². The summed E-state index contributed by atoms with van der Waals surface area (Å²) in [6.07, 6.45) is 64.6. The van der Waals surface area contributed by atoms with Crippen molar-refractivity contribution in [1.29, 1.82) is 0 Å². The van der Waals surface area contributed by atoms with Crippen molar-refractivity contribution in [3.05, 3.63) is 0 Å². The summed E-state index contributed by atoms with van der Waals surface area (Å²) in [5.74, 6) is -0.570. The van der Waals surface area contributed by atoms with Crippen LogP contribution in [-0.2, 0) is 38.1 Å². The molecule has 0 aliphatic carbocycles. The molecule has 546 valence electrons. The molecule has 92 heavy (non-hydrogen) atoms. The Kier molecular flexibility index (Phi) is 72.7. The molecular weight excluding hydrogens is 1140 g/mol. The molecule has 0 atom stereocenters. The Morgan fingerprint density at radius 2 is 0.348 bits per heavy atom. The number of rotatable bonds is 77. The summed E-state index contributed by atoms with van der Waals surface area (Å²) in [6, 6.07) is 0. The fourth-order valence-electron chi connectivity index (χ4n) is 12.6. The fourth-order valence-corrected chi connectivity index (χ4v) is 12.6. The van der Waals surface area contributed by atoms with Gasteiger partial charge in [-0.1, -0.05) is 324 Å². The summed E-state index contributed by atoms with van der Waals surface area (Å²) in [7, 11) is 0. The molecule has 0 aliphatic heterocycles. The molecular formula is C80H158N4O8. The zero-order valence-electron chi connectivity index (χ0n) is 62.6. The van der Waals surface area contributed by atoms with Gasteiger partial charge in [-0.15, -0.1) is 0 Å². The molecule has 0 saturated heterocycles. The monoisotopic (exact) mass is 1300 g/mol. The summed E-state index contributed by atoms with van der Waals surface area (Å²) in [5.41, 5.74) is 0. The normalized spacial score (nSPS) is 11.7. The minimum absolute atomic E-state index is 0.143. The van der Waals surface area contributed by atoms with E-state index in [1.54, 1.807) is 0 Å². The molecule has 0 spiro atoms.